The van der Waals surface area contributed by atoms with Crippen molar-refractivity contribution in [1.82, 2.24) is 10.6 Å². The molecule has 1 atom stereocenters. The third-order valence-electron chi connectivity index (χ3n) is 0.932. The second-order valence-electron chi connectivity index (χ2n) is 2.18. The van der Waals surface area contributed by atoms with Crippen LogP contribution in [0.25, 0.3) is 0 Å². The largest absolute Gasteiger partial charge is 0.392 e. The number of aliphatic hydroxyl groups excluding tert-OH is 1. The van der Waals surface area contributed by atoms with Crippen molar-refractivity contribution in [1.29, 1.82) is 0 Å². The van der Waals surface area contributed by atoms with Gasteiger partial charge in [0.1, 0.15) is 0 Å². The van der Waals surface area contributed by atoms with E-state index in [1.165, 1.54) is 0 Å². The summed E-state index contributed by atoms with van der Waals surface area (Å²) in [7, 11) is 1.70. The minimum Gasteiger partial charge on any atom is -0.392 e. The number of hydrogen-bond donors (Lipinski definition) is 3. The van der Waals surface area contributed by atoms with Gasteiger partial charge in [-0.3, -0.25) is 4.79 Å². The van der Waals surface area contributed by atoms with Gasteiger partial charge in [0.25, 0.3) is 0 Å². The summed E-state index contributed by atoms with van der Waals surface area (Å²) in [6.07, 6.45) is -0.471. The molecule has 4 nitrogen and oxygen atoms in total. The van der Waals surface area contributed by atoms with Gasteiger partial charge in [0.2, 0.25) is 5.91 Å². The van der Waals surface area contributed by atoms with Gasteiger partial charge in [-0.25, -0.2) is 0 Å². The molecule has 0 aromatic carbocycles. The lowest BCUT2D eigenvalue weighted by Gasteiger charge is -2.05. The van der Waals surface area contributed by atoms with Crippen molar-refractivity contribution in [3.8, 4) is 0 Å². The zero-order valence-corrected chi connectivity index (χ0v) is 6.35. The van der Waals surface area contributed by atoms with Crippen molar-refractivity contribution in [2.24, 2.45) is 0 Å². The predicted octanol–water partition coefficient (Wildman–Crippen LogP) is -1.30. The minimum atomic E-state index is -0.471. The fraction of sp³-hybridized carbons (Fsp3) is 0.833. The first-order chi connectivity index (χ1) is 4.66. The fourth-order valence-corrected chi connectivity index (χ4v) is 0.485. The van der Waals surface area contributed by atoms with Crippen LogP contribution in [0.4, 0.5) is 0 Å². The van der Waals surface area contributed by atoms with Crippen molar-refractivity contribution >= 4 is 5.91 Å². The highest BCUT2D eigenvalue weighted by atomic mass is 16.3. The Kier molecular flexibility index (Phi) is 4.88. The predicted molar refractivity (Wildman–Crippen MR) is 38.6 cm³/mol. The van der Waals surface area contributed by atoms with E-state index in [0.29, 0.717) is 13.1 Å². The van der Waals surface area contributed by atoms with E-state index in [2.05, 4.69) is 10.6 Å². The molecule has 10 heavy (non-hydrogen) atoms. The summed E-state index contributed by atoms with van der Waals surface area (Å²) in [6.45, 7) is 2.24. The summed E-state index contributed by atoms with van der Waals surface area (Å²) in [5.74, 6) is -0.0941. The van der Waals surface area contributed by atoms with Crippen molar-refractivity contribution in [3.05, 3.63) is 0 Å². The molecule has 0 aliphatic carbocycles. The quantitative estimate of drug-likeness (QED) is 0.462. The van der Waals surface area contributed by atoms with Crippen LogP contribution in [-0.2, 0) is 4.79 Å². The topological polar surface area (TPSA) is 61.4 Å². The fourth-order valence-electron chi connectivity index (χ4n) is 0.485. The Morgan fingerprint density at radius 2 is 2.30 bits per heavy atom. The van der Waals surface area contributed by atoms with Gasteiger partial charge in [-0.05, 0) is 14.0 Å². The van der Waals surface area contributed by atoms with Crippen LogP contribution < -0.4 is 10.6 Å². The first kappa shape index (κ1) is 9.39. The number of aliphatic hydroxyl groups is 1. The summed E-state index contributed by atoms with van der Waals surface area (Å²) >= 11 is 0. The second kappa shape index (κ2) is 5.20. The Morgan fingerprint density at radius 3 is 2.70 bits per heavy atom. The van der Waals surface area contributed by atoms with Crippen molar-refractivity contribution in [2.75, 3.05) is 20.1 Å². The second-order valence-corrected chi connectivity index (χ2v) is 2.18. The summed E-state index contributed by atoms with van der Waals surface area (Å²) < 4.78 is 0. The van der Waals surface area contributed by atoms with Crippen LogP contribution in [0.5, 0.6) is 0 Å². The van der Waals surface area contributed by atoms with Crippen LogP contribution >= 0.6 is 0 Å². The number of rotatable bonds is 4. The molecule has 4 heteroatoms. The summed E-state index contributed by atoms with van der Waals surface area (Å²) in [5.41, 5.74) is 0. The smallest absolute Gasteiger partial charge is 0.234 e. The average molecular weight is 146 g/mol. The van der Waals surface area contributed by atoms with Gasteiger partial charge in [0.15, 0.2) is 0 Å². The molecule has 0 fully saturated rings. The normalized spacial score (nSPS) is 12.7. The van der Waals surface area contributed by atoms with Crippen LogP contribution in [-0.4, -0.2) is 37.3 Å². The van der Waals surface area contributed by atoms with Gasteiger partial charge in [0.05, 0.1) is 12.6 Å². The van der Waals surface area contributed by atoms with E-state index >= 15 is 0 Å². The lowest BCUT2D eigenvalue weighted by Crippen LogP contribution is -2.36. The Balaban J connectivity index is 3.22. The van der Waals surface area contributed by atoms with Gasteiger partial charge < -0.3 is 15.7 Å². The SMILES string of the molecule is CNCC(=O)NC[C@@H](C)O. The van der Waals surface area contributed by atoms with Crippen LogP contribution in [0.15, 0.2) is 0 Å². The maximum Gasteiger partial charge on any atom is 0.234 e. The van der Waals surface area contributed by atoms with Crippen LogP contribution in [0.2, 0.25) is 0 Å². The Morgan fingerprint density at radius 1 is 1.70 bits per heavy atom. The van der Waals surface area contributed by atoms with Crippen LogP contribution in [0.1, 0.15) is 6.92 Å². The number of hydrogen-bond acceptors (Lipinski definition) is 3. The molecule has 0 aromatic rings. The number of likely N-dealkylation sites (N-methyl/N-ethyl adjacent to an activating group) is 1. The molecule has 3 N–H and O–H groups in total. The van der Waals surface area contributed by atoms with Gasteiger partial charge in [0, 0.05) is 6.54 Å². The van der Waals surface area contributed by atoms with Crippen LogP contribution in [0, 0.1) is 0 Å². The molecule has 0 bridgehead atoms. The van der Waals surface area contributed by atoms with Crippen molar-refractivity contribution < 1.29 is 9.90 Å². The van der Waals surface area contributed by atoms with Gasteiger partial charge in [-0.15, -0.1) is 0 Å². The zero-order chi connectivity index (χ0) is 7.98. The maximum atomic E-state index is 10.7. The van der Waals surface area contributed by atoms with Crippen LogP contribution in [0.3, 0.4) is 0 Å². The molecule has 60 valence electrons. The molecule has 1 amide bonds. The molecule has 0 aliphatic rings. The first-order valence-electron chi connectivity index (χ1n) is 3.26. The van der Waals surface area contributed by atoms with Gasteiger partial charge in [-0.1, -0.05) is 0 Å². The molecule has 0 saturated carbocycles. The highest BCUT2D eigenvalue weighted by Gasteiger charge is 1.99. The zero-order valence-electron chi connectivity index (χ0n) is 6.35. The molecular weight excluding hydrogens is 132 g/mol. The molecule has 0 saturated heterocycles. The average Bonchev–Trinajstić information content (AvgIpc) is 1.85. The number of carbonyl (C=O) groups excluding carboxylic acids is 1. The Labute approximate surface area is 60.6 Å². The number of amides is 1. The van der Waals surface area contributed by atoms with Gasteiger partial charge >= 0.3 is 0 Å². The molecule has 0 spiro atoms. The molecule has 0 rings (SSSR count). The van der Waals surface area contributed by atoms with E-state index < -0.39 is 6.10 Å². The van der Waals surface area contributed by atoms with E-state index in [4.69, 9.17) is 5.11 Å². The molecule has 0 aliphatic heterocycles. The Bertz CT molecular complexity index is 104. The van der Waals surface area contributed by atoms with E-state index in [1.54, 1.807) is 14.0 Å². The first-order valence-corrected chi connectivity index (χ1v) is 3.26. The number of nitrogens with one attached hydrogen (secondary N) is 2. The molecule has 0 radical (unpaired) electrons. The van der Waals surface area contributed by atoms with E-state index in [0.717, 1.165) is 0 Å². The maximum absolute atomic E-state index is 10.7. The molecule has 0 heterocycles. The lowest BCUT2D eigenvalue weighted by atomic mass is 10.4. The van der Waals surface area contributed by atoms with E-state index in [-0.39, 0.29) is 5.91 Å². The van der Waals surface area contributed by atoms with E-state index in [9.17, 15) is 4.79 Å². The van der Waals surface area contributed by atoms with E-state index in [1.807, 2.05) is 0 Å². The van der Waals surface area contributed by atoms with Crippen molar-refractivity contribution in [2.45, 2.75) is 13.0 Å². The number of carbonyl (C=O) groups is 1. The lowest BCUT2D eigenvalue weighted by molar-refractivity contribution is -0.120. The van der Waals surface area contributed by atoms with Crippen molar-refractivity contribution in [3.63, 3.8) is 0 Å². The Hall–Kier alpha value is -0.610. The standard InChI is InChI=1S/C6H14N2O2/c1-5(9)3-8-6(10)4-7-2/h5,7,9H,3-4H2,1-2H3,(H,8,10)/t5-/m1/s1. The summed E-state index contributed by atoms with van der Waals surface area (Å²) in [4.78, 5) is 10.7. The highest BCUT2D eigenvalue weighted by molar-refractivity contribution is 5.77. The monoisotopic (exact) mass is 146 g/mol. The minimum absolute atomic E-state index is 0.0941. The summed E-state index contributed by atoms with van der Waals surface area (Å²) in [6, 6.07) is 0. The molecule has 0 aromatic heterocycles. The third-order valence-corrected chi connectivity index (χ3v) is 0.932. The van der Waals surface area contributed by atoms with Gasteiger partial charge in [-0.2, -0.15) is 0 Å². The molecule has 0 unspecified atom stereocenters. The highest BCUT2D eigenvalue weighted by Crippen LogP contribution is 1.73. The molecular formula is C6H14N2O2. The summed E-state index contributed by atoms with van der Waals surface area (Å²) in [5, 5.41) is 14.0. The third kappa shape index (κ3) is 5.53.